The quantitative estimate of drug-likeness (QED) is 0.699. The molecule has 0 saturated carbocycles. The molecule has 4 heteroatoms. The maximum absolute atomic E-state index is 3.67. The van der Waals surface area contributed by atoms with Gasteiger partial charge in [0.05, 0.1) is 3.79 Å². The molecule has 2 rings (SSSR count). The number of hydrogen-bond donors (Lipinski definition) is 1. The normalized spacial score (nSPS) is 12.6. The van der Waals surface area contributed by atoms with E-state index in [2.05, 4.69) is 80.5 Å². The molecular weight excluding hydrogens is 386 g/mol. The summed E-state index contributed by atoms with van der Waals surface area (Å²) in [6, 6.07) is 12.9. The zero-order valence-corrected chi connectivity index (χ0v) is 14.8. The van der Waals surface area contributed by atoms with Gasteiger partial charge in [-0.2, -0.15) is 0 Å². The van der Waals surface area contributed by atoms with Crippen LogP contribution in [-0.2, 0) is 6.42 Å². The fourth-order valence-corrected chi connectivity index (χ4v) is 4.29. The lowest BCUT2D eigenvalue weighted by Crippen LogP contribution is -2.22. The first kappa shape index (κ1) is 15.2. The Morgan fingerprint density at radius 1 is 1.16 bits per heavy atom. The van der Waals surface area contributed by atoms with Gasteiger partial charge in [0.2, 0.25) is 0 Å². The van der Waals surface area contributed by atoms with Crippen LogP contribution >= 0.6 is 43.2 Å². The highest BCUT2D eigenvalue weighted by atomic mass is 79.9. The molecule has 0 saturated heterocycles. The largest absolute Gasteiger partial charge is 0.316 e. The number of nitrogens with one attached hydrogen (secondary N) is 1. The Kier molecular flexibility index (Phi) is 6.07. The highest BCUT2D eigenvalue weighted by Crippen LogP contribution is 2.31. The summed E-state index contributed by atoms with van der Waals surface area (Å²) in [4.78, 5) is 1.42. The number of benzene rings is 1. The third kappa shape index (κ3) is 4.42. The van der Waals surface area contributed by atoms with Crippen molar-refractivity contribution < 1.29 is 0 Å². The minimum Gasteiger partial charge on any atom is -0.316 e. The monoisotopic (exact) mass is 401 g/mol. The Morgan fingerprint density at radius 2 is 1.95 bits per heavy atom. The first-order valence-corrected chi connectivity index (χ1v) is 8.80. The van der Waals surface area contributed by atoms with E-state index < -0.39 is 0 Å². The maximum atomic E-state index is 3.67. The fraction of sp³-hybridized carbons (Fsp3) is 0.333. The molecule has 0 fully saturated rings. The number of likely N-dealkylation sites (N-methyl/N-ethyl adjacent to an activating group) is 1. The molecule has 1 N–H and O–H groups in total. The Balaban J connectivity index is 2.18. The van der Waals surface area contributed by atoms with Gasteiger partial charge in [-0.05, 0) is 52.7 Å². The highest BCUT2D eigenvalue weighted by Gasteiger charge is 2.15. The van der Waals surface area contributed by atoms with Gasteiger partial charge in [-0.1, -0.05) is 41.1 Å². The van der Waals surface area contributed by atoms with Crippen LogP contribution in [0.15, 0.2) is 44.7 Å². The van der Waals surface area contributed by atoms with Crippen molar-refractivity contribution in [2.75, 3.05) is 13.1 Å². The molecule has 0 amide bonds. The van der Waals surface area contributed by atoms with Gasteiger partial charge in [-0.15, -0.1) is 11.3 Å². The first-order chi connectivity index (χ1) is 9.20. The number of rotatable bonds is 6. The summed E-state index contributed by atoms with van der Waals surface area (Å²) in [5.41, 5.74) is 1.38. The van der Waals surface area contributed by atoms with Crippen LogP contribution in [0.2, 0.25) is 0 Å². The van der Waals surface area contributed by atoms with Crippen molar-refractivity contribution in [3.8, 4) is 0 Å². The maximum Gasteiger partial charge on any atom is 0.0701 e. The van der Waals surface area contributed by atoms with Crippen LogP contribution in [0.25, 0.3) is 0 Å². The number of hydrogen-bond acceptors (Lipinski definition) is 2. The van der Waals surface area contributed by atoms with Crippen molar-refractivity contribution in [1.29, 1.82) is 0 Å². The number of thiophene rings is 1. The second-order valence-corrected chi connectivity index (χ2v) is 7.84. The van der Waals surface area contributed by atoms with Crippen molar-refractivity contribution in [3.63, 3.8) is 0 Å². The van der Waals surface area contributed by atoms with Gasteiger partial charge in [-0.25, -0.2) is 0 Å². The SMILES string of the molecule is CCNCC(Cc1ccc(Br)s1)c1ccccc1Br. The van der Waals surface area contributed by atoms with Gasteiger partial charge >= 0.3 is 0 Å². The van der Waals surface area contributed by atoms with Crippen molar-refractivity contribution >= 4 is 43.2 Å². The van der Waals surface area contributed by atoms with Crippen LogP contribution in [0.4, 0.5) is 0 Å². The van der Waals surface area contributed by atoms with E-state index in [0.29, 0.717) is 5.92 Å². The van der Waals surface area contributed by atoms with Crippen molar-refractivity contribution in [2.45, 2.75) is 19.3 Å². The lowest BCUT2D eigenvalue weighted by molar-refractivity contribution is 0.596. The van der Waals surface area contributed by atoms with Crippen LogP contribution < -0.4 is 5.32 Å². The fourth-order valence-electron chi connectivity index (χ4n) is 2.12. The predicted molar refractivity (Wildman–Crippen MR) is 91.1 cm³/mol. The van der Waals surface area contributed by atoms with Gasteiger partial charge in [0.25, 0.3) is 0 Å². The van der Waals surface area contributed by atoms with E-state index in [9.17, 15) is 0 Å². The lowest BCUT2D eigenvalue weighted by Gasteiger charge is -2.18. The minimum absolute atomic E-state index is 0.501. The molecular formula is C15H17Br2NS. The topological polar surface area (TPSA) is 12.0 Å². The van der Waals surface area contributed by atoms with Gasteiger partial charge < -0.3 is 5.32 Å². The van der Waals surface area contributed by atoms with E-state index in [0.717, 1.165) is 19.5 Å². The molecule has 1 heterocycles. The van der Waals surface area contributed by atoms with E-state index in [1.807, 2.05) is 11.3 Å². The molecule has 19 heavy (non-hydrogen) atoms. The average Bonchev–Trinajstić information content (AvgIpc) is 2.81. The van der Waals surface area contributed by atoms with Crippen molar-refractivity contribution in [3.05, 3.63) is 55.1 Å². The summed E-state index contributed by atoms with van der Waals surface area (Å²) in [6.45, 7) is 4.17. The zero-order valence-electron chi connectivity index (χ0n) is 10.8. The van der Waals surface area contributed by atoms with Gasteiger partial charge in [0, 0.05) is 21.8 Å². The molecule has 1 unspecified atom stereocenters. The van der Waals surface area contributed by atoms with Crippen LogP contribution in [0, 0.1) is 0 Å². The molecule has 0 aliphatic rings. The molecule has 1 aromatic heterocycles. The molecule has 102 valence electrons. The van der Waals surface area contributed by atoms with E-state index in [4.69, 9.17) is 0 Å². The smallest absolute Gasteiger partial charge is 0.0701 e. The molecule has 0 aliphatic carbocycles. The van der Waals surface area contributed by atoms with E-state index in [1.54, 1.807) is 0 Å². The Hall–Kier alpha value is -0.160. The van der Waals surface area contributed by atoms with Crippen LogP contribution in [0.5, 0.6) is 0 Å². The van der Waals surface area contributed by atoms with Gasteiger partial charge in [-0.3, -0.25) is 0 Å². The summed E-state index contributed by atoms with van der Waals surface area (Å²) in [5, 5.41) is 3.47. The average molecular weight is 403 g/mol. The summed E-state index contributed by atoms with van der Waals surface area (Å²) in [6.07, 6.45) is 1.08. The molecule has 0 spiro atoms. The molecule has 1 aromatic carbocycles. The van der Waals surface area contributed by atoms with Crippen LogP contribution in [0.3, 0.4) is 0 Å². The first-order valence-electron chi connectivity index (χ1n) is 6.40. The van der Waals surface area contributed by atoms with E-state index in [1.165, 1.54) is 18.7 Å². The van der Waals surface area contributed by atoms with Crippen LogP contribution in [0.1, 0.15) is 23.3 Å². The van der Waals surface area contributed by atoms with Gasteiger partial charge in [0.1, 0.15) is 0 Å². The molecule has 0 aliphatic heterocycles. The minimum atomic E-state index is 0.501. The predicted octanol–water partition coefficient (Wildman–Crippen LogP) is 5.21. The third-order valence-corrected chi connectivity index (χ3v) is 5.43. The summed E-state index contributed by atoms with van der Waals surface area (Å²) in [5.74, 6) is 0.501. The molecule has 0 radical (unpaired) electrons. The zero-order chi connectivity index (χ0) is 13.7. The molecule has 0 bridgehead atoms. The molecule has 2 aromatic rings. The van der Waals surface area contributed by atoms with E-state index >= 15 is 0 Å². The molecule has 1 nitrogen and oxygen atoms in total. The van der Waals surface area contributed by atoms with Gasteiger partial charge in [0.15, 0.2) is 0 Å². The highest BCUT2D eigenvalue weighted by molar-refractivity contribution is 9.11. The Labute approximate surface area is 135 Å². The third-order valence-electron chi connectivity index (χ3n) is 3.06. The number of halogens is 2. The van der Waals surface area contributed by atoms with Crippen molar-refractivity contribution in [1.82, 2.24) is 5.32 Å². The Bertz CT molecular complexity index is 524. The van der Waals surface area contributed by atoms with Crippen LogP contribution in [-0.4, -0.2) is 13.1 Å². The summed E-state index contributed by atoms with van der Waals surface area (Å²) < 4.78 is 2.41. The summed E-state index contributed by atoms with van der Waals surface area (Å²) >= 11 is 9.04. The second-order valence-electron chi connectivity index (χ2n) is 4.44. The van der Waals surface area contributed by atoms with E-state index in [-0.39, 0.29) is 0 Å². The lowest BCUT2D eigenvalue weighted by atomic mass is 9.95. The second kappa shape index (κ2) is 7.58. The van der Waals surface area contributed by atoms with Crippen molar-refractivity contribution in [2.24, 2.45) is 0 Å². The summed E-state index contributed by atoms with van der Waals surface area (Å²) in [7, 11) is 0. The standard InChI is InChI=1S/C15H17Br2NS/c1-2-18-10-11(9-12-7-8-15(17)19-12)13-5-3-4-6-14(13)16/h3-8,11,18H,2,9-10H2,1H3. The molecule has 1 atom stereocenters. The Morgan fingerprint density at radius 3 is 2.58 bits per heavy atom.